The van der Waals surface area contributed by atoms with E-state index in [-0.39, 0.29) is 36.2 Å². The van der Waals surface area contributed by atoms with Crippen LogP contribution in [0.2, 0.25) is 0 Å². The number of aliphatic hydroxyl groups excluding tert-OH is 6. The fourth-order valence-electron chi connectivity index (χ4n) is 6.30. The van der Waals surface area contributed by atoms with Gasteiger partial charge in [-0.2, -0.15) is 0 Å². The molecule has 48 heavy (non-hydrogen) atoms. The van der Waals surface area contributed by atoms with Crippen molar-refractivity contribution in [2.45, 2.75) is 55.3 Å². The SMILES string of the molecule is COc1cc2c(OC3OCC(O)C(O)C3OC3OC(CO)C(O)C(O)C3O)c3c(c(-c4ccc5c(c4)OCO5)c2cc1OC)C(=O)CO3. The van der Waals surface area contributed by atoms with Crippen molar-refractivity contribution in [2.75, 3.05) is 40.8 Å². The van der Waals surface area contributed by atoms with E-state index in [2.05, 4.69) is 0 Å². The van der Waals surface area contributed by atoms with Crippen molar-refractivity contribution in [1.29, 1.82) is 0 Å². The third kappa shape index (κ3) is 5.35. The molecule has 9 unspecified atom stereocenters. The van der Waals surface area contributed by atoms with Crippen molar-refractivity contribution in [3.8, 4) is 45.6 Å². The smallest absolute Gasteiger partial charge is 0.231 e. The van der Waals surface area contributed by atoms with Crippen LogP contribution in [0.3, 0.4) is 0 Å². The molecule has 9 atom stereocenters. The van der Waals surface area contributed by atoms with Crippen LogP contribution in [0.1, 0.15) is 10.4 Å². The van der Waals surface area contributed by atoms with E-state index in [1.807, 2.05) is 0 Å². The molecule has 16 heteroatoms. The average molecular weight is 675 g/mol. The molecular formula is C32H34O16. The minimum absolute atomic E-state index is 0.00675. The van der Waals surface area contributed by atoms with Gasteiger partial charge in [-0.05, 0) is 35.2 Å². The second kappa shape index (κ2) is 12.8. The number of carbonyl (C=O) groups excluding carboxylic acids is 1. The average Bonchev–Trinajstić information content (AvgIpc) is 3.73. The molecule has 0 aromatic heterocycles. The lowest BCUT2D eigenvalue weighted by molar-refractivity contribution is -0.348. The van der Waals surface area contributed by atoms with Crippen LogP contribution >= 0.6 is 0 Å². The lowest BCUT2D eigenvalue weighted by Gasteiger charge is -2.44. The predicted octanol–water partition coefficient (Wildman–Crippen LogP) is -0.530. The number of aliphatic hydroxyl groups is 6. The summed E-state index contributed by atoms with van der Waals surface area (Å²) in [6.45, 7) is -1.38. The second-order valence-corrected chi connectivity index (χ2v) is 11.6. The van der Waals surface area contributed by atoms with Gasteiger partial charge >= 0.3 is 0 Å². The molecule has 2 fully saturated rings. The molecule has 0 saturated carbocycles. The fourth-order valence-corrected chi connectivity index (χ4v) is 6.30. The number of benzene rings is 3. The Bertz CT molecular complexity index is 1710. The molecule has 0 radical (unpaired) electrons. The maximum Gasteiger partial charge on any atom is 0.231 e. The van der Waals surface area contributed by atoms with E-state index in [0.717, 1.165) is 0 Å². The van der Waals surface area contributed by atoms with Crippen LogP contribution < -0.4 is 28.4 Å². The number of Topliss-reactive ketones (excluding diaryl/α,β-unsaturated/α-hetero) is 1. The number of ether oxygens (including phenoxy) is 9. The van der Waals surface area contributed by atoms with E-state index in [0.29, 0.717) is 44.9 Å². The van der Waals surface area contributed by atoms with E-state index in [9.17, 15) is 35.4 Å². The van der Waals surface area contributed by atoms with E-state index in [4.69, 9.17) is 42.6 Å². The van der Waals surface area contributed by atoms with Gasteiger partial charge in [0.1, 0.15) is 36.6 Å². The summed E-state index contributed by atoms with van der Waals surface area (Å²) in [5.74, 6) is 1.40. The monoisotopic (exact) mass is 674 g/mol. The summed E-state index contributed by atoms with van der Waals surface area (Å²) in [6.07, 6.45) is -14.5. The summed E-state index contributed by atoms with van der Waals surface area (Å²) in [4.78, 5) is 13.5. The lowest BCUT2D eigenvalue weighted by Crippen LogP contribution is -2.63. The fraction of sp³-hybridized carbons (Fsp3) is 0.469. The number of rotatable bonds is 8. The van der Waals surface area contributed by atoms with E-state index in [1.54, 1.807) is 30.3 Å². The van der Waals surface area contributed by atoms with Gasteiger partial charge in [-0.3, -0.25) is 4.79 Å². The quantitative estimate of drug-likeness (QED) is 0.177. The van der Waals surface area contributed by atoms with E-state index >= 15 is 0 Å². The molecule has 4 heterocycles. The number of fused-ring (bicyclic) bond motifs is 3. The van der Waals surface area contributed by atoms with Crippen molar-refractivity contribution < 1.29 is 78.1 Å². The van der Waals surface area contributed by atoms with Gasteiger partial charge in [-0.25, -0.2) is 0 Å². The first-order chi connectivity index (χ1) is 23.1. The van der Waals surface area contributed by atoms with Gasteiger partial charge in [-0.1, -0.05) is 6.07 Å². The van der Waals surface area contributed by atoms with Crippen LogP contribution in [-0.4, -0.2) is 133 Å². The molecule has 0 amide bonds. The number of carbonyl (C=O) groups is 1. The Morgan fingerprint density at radius 1 is 0.812 bits per heavy atom. The predicted molar refractivity (Wildman–Crippen MR) is 159 cm³/mol. The number of methoxy groups -OCH3 is 2. The first-order valence-corrected chi connectivity index (χ1v) is 15.1. The van der Waals surface area contributed by atoms with Crippen molar-refractivity contribution in [2.24, 2.45) is 0 Å². The van der Waals surface area contributed by atoms with Crippen molar-refractivity contribution in [3.63, 3.8) is 0 Å². The number of hydrogen-bond donors (Lipinski definition) is 6. The molecule has 7 rings (SSSR count). The zero-order chi connectivity index (χ0) is 33.9. The van der Waals surface area contributed by atoms with Gasteiger partial charge in [0.05, 0.1) is 33.0 Å². The molecule has 0 bridgehead atoms. The lowest BCUT2D eigenvalue weighted by atomic mass is 9.90. The summed E-state index contributed by atoms with van der Waals surface area (Å²) in [5, 5.41) is 63.1. The summed E-state index contributed by atoms with van der Waals surface area (Å²) in [5.41, 5.74) is 1.28. The molecule has 4 aliphatic rings. The normalized spacial score (nSPS) is 31.0. The van der Waals surface area contributed by atoms with E-state index < -0.39 is 68.5 Å². The summed E-state index contributed by atoms with van der Waals surface area (Å²) in [6, 6.07) is 8.54. The van der Waals surface area contributed by atoms with E-state index in [1.165, 1.54) is 14.2 Å². The highest BCUT2D eigenvalue weighted by Gasteiger charge is 2.49. The molecule has 3 aromatic carbocycles. The first kappa shape index (κ1) is 32.6. The minimum atomic E-state index is -1.82. The maximum absolute atomic E-state index is 13.5. The van der Waals surface area contributed by atoms with Gasteiger partial charge in [0.15, 0.2) is 53.5 Å². The number of hydrogen-bond acceptors (Lipinski definition) is 16. The third-order valence-electron chi connectivity index (χ3n) is 8.81. The molecule has 3 aromatic rings. The Balaban J connectivity index is 1.35. The van der Waals surface area contributed by atoms with Crippen LogP contribution in [0.5, 0.6) is 34.5 Å². The first-order valence-electron chi connectivity index (χ1n) is 15.1. The molecule has 2 saturated heterocycles. The third-order valence-corrected chi connectivity index (χ3v) is 8.81. The highest BCUT2D eigenvalue weighted by Crippen LogP contribution is 2.52. The molecule has 0 aliphatic carbocycles. The summed E-state index contributed by atoms with van der Waals surface area (Å²) >= 11 is 0. The molecule has 258 valence electrons. The Morgan fingerprint density at radius 2 is 1.54 bits per heavy atom. The van der Waals surface area contributed by atoms with Crippen molar-refractivity contribution in [3.05, 3.63) is 35.9 Å². The largest absolute Gasteiger partial charge is 0.493 e. The Morgan fingerprint density at radius 3 is 2.27 bits per heavy atom. The maximum atomic E-state index is 13.5. The zero-order valence-electron chi connectivity index (χ0n) is 25.7. The zero-order valence-corrected chi connectivity index (χ0v) is 25.7. The minimum Gasteiger partial charge on any atom is -0.493 e. The molecule has 4 aliphatic heterocycles. The van der Waals surface area contributed by atoms with Gasteiger partial charge in [-0.15, -0.1) is 0 Å². The Hall–Kier alpha value is -3.97. The van der Waals surface area contributed by atoms with Crippen molar-refractivity contribution >= 4 is 16.6 Å². The molecular weight excluding hydrogens is 640 g/mol. The highest BCUT2D eigenvalue weighted by molar-refractivity contribution is 6.18. The van der Waals surface area contributed by atoms with Crippen molar-refractivity contribution in [1.82, 2.24) is 0 Å². The van der Waals surface area contributed by atoms with Gasteiger partial charge in [0.25, 0.3) is 0 Å². The molecule has 0 spiro atoms. The highest BCUT2D eigenvalue weighted by atomic mass is 16.8. The summed E-state index contributed by atoms with van der Waals surface area (Å²) < 4.78 is 51.6. The Kier molecular flexibility index (Phi) is 8.69. The van der Waals surface area contributed by atoms with Crippen LogP contribution in [0, 0.1) is 0 Å². The Labute approximate surface area is 272 Å². The van der Waals surface area contributed by atoms with Crippen LogP contribution in [0.4, 0.5) is 0 Å². The van der Waals surface area contributed by atoms with Crippen LogP contribution in [0.25, 0.3) is 21.9 Å². The number of ketones is 1. The topological polar surface area (TPSA) is 222 Å². The van der Waals surface area contributed by atoms with Gasteiger partial charge in [0, 0.05) is 10.9 Å². The molecule has 6 N–H and O–H groups in total. The van der Waals surface area contributed by atoms with Crippen LogP contribution in [-0.2, 0) is 14.2 Å². The van der Waals surface area contributed by atoms with Gasteiger partial charge in [0.2, 0.25) is 18.9 Å². The van der Waals surface area contributed by atoms with Crippen LogP contribution in [0.15, 0.2) is 30.3 Å². The standard InChI is InChI=1S/C32H34O16/c1-40-18-6-13-14(7-19(18)41-2)28(29-23(15(34)9-42-29)22(13)12-3-4-17-20(5-12)45-11-44-17)47-32-30(24(36)16(35)10-43-32)48-31-27(39)26(38)25(37)21(8-33)46-31/h3-7,16,21,24-27,30-33,35-39H,8-11H2,1-2H3. The second-order valence-electron chi connectivity index (χ2n) is 11.6. The summed E-state index contributed by atoms with van der Waals surface area (Å²) in [7, 11) is 2.91. The molecule has 16 nitrogen and oxygen atoms in total. The van der Waals surface area contributed by atoms with Gasteiger partial charge < -0.3 is 73.3 Å².